The number of nitrogen functional groups attached to an aromatic ring is 1. The van der Waals surface area contributed by atoms with Gasteiger partial charge in [0.25, 0.3) is 0 Å². The van der Waals surface area contributed by atoms with Crippen molar-refractivity contribution in [3.63, 3.8) is 0 Å². The van der Waals surface area contributed by atoms with Gasteiger partial charge in [-0.25, -0.2) is 0 Å². The number of hydrogen-bond acceptors (Lipinski definition) is 4. The van der Waals surface area contributed by atoms with Crippen LogP contribution in [0, 0.1) is 0 Å². The van der Waals surface area contributed by atoms with Gasteiger partial charge in [0.2, 0.25) is 5.95 Å². The van der Waals surface area contributed by atoms with E-state index < -0.39 is 0 Å². The first-order valence-electron chi connectivity index (χ1n) is 4.44. The van der Waals surface area contributed by atoms with Gasteiger partial charge < -0.3 is 10.5 Å². The second kappa shape index (κ2) is 4.99. The summed E-state index contributed by atoms with van der Waals surface area (Å²) in [6.07, 6.45) is 5.29. The van der Waals surface area contributed by atoms with Gasteiger partial charge in [0.05, 0.1) is 7.11 Å². The molecule has 0 saturated carbocycles. The van der Waals surface area contributed by atoms with Gasteiger partial charge in [-0.1, -0.05) is 12.7 Å². The van der Waals surface area contributed by atoms with E-state index in [1.165, 1.54) is 0 Å². The zero-order valence-electron chi connectivity index (χ0n) is 8.82. The lowest BCUT2D eigenvalue weighted by Gasteiger charge is -2.00. The lowest BCUT2D eigenvalue weighted by atomic mass is 10.2. The number of aromatic amines is 1. The van der Waals surface area contributed by atoms with Crippen LogP contribution in [0.5, 0.6) is 0 Å². The molecule has 0 aliphatic heterocycles. The fourth-order valence-electron chi connectivity index (χ4n) is 1.05. The molecule has 15 heavy (non-hydrogen) atoms. The number of nitrogens with one attached hydrogen (secondary N) is 1. The van der Waals surface area contributed by atoms with Gasteiger partial charge >= 0.3 is 0 Å². The van der Waals surface area contributed by atoms with Crippen LogP contribution < -0.4 is 5.73 Å². The molecule has 0 aliphatic rings. The predicted molar refractivity (Wildman–Crippen MR) is 59.7 cm³/mol. The van der Waals surface area contributed by atoms with Crippen molar-refractivity contribution in [1.29, 1.82) is 0 Å². The van der Waals surface area contributed by atoms with E-state index in [1.807, 2.05) is 13.0 Å². The third-order valence-electron chi connectivity index (χ3n) is 1.82. The molecule has 0 aliphatic carbocycles. The van der Waals surface area contributed by atoms with Crippen LogP contribution in [-0.2, 0) is 4.74 Å². The topological polar surface area (TPSA) is 76.8 Å². The molecule has 0 fully saturated rings. The van der Waals surface area contributed by atoms with Crippen molar-refractivity contribution in [2.24, 2.45) is 0 Å². The molecule has 0 radical (unpaired) electrons. The summed E-state index contributed by atoms with van der Waals surface area (Å²) >= 11 is 0. The van der Waals surface area contributed by atoms with Crippen molar-refractivity contribution in [3.05, 3.63) is 36.4 Å². The Morgan fingerprint density at radius 2 is 2.33 bits per heavy atom. The van der Waals surface area contributed by atoms with E-state index in [0.29, 0.717) is 11.6 Å². The van der Waals surface area contributed by atoms with Crippen LogP contribution in [0.2, 0.25) is 0 Å². The molecule has 0 unspecified atom stereocenters. The SMILES string of the molecule is C=C/C(=C\C(=C/C)c1nc(N)n[nH]1)OC. The van der Waals surface area contributed by atoms with Gasteiger partial charge in [-0.05, 0) is 19.1 Å². The van der Waals surface area contributed by atoms with E-state index in [4.69, 9.17) is 10.5 Å². The van der Waals surface area contributed by atoms with Crippen molar-refractivity contribution >= 4 is 11.5 Å². The van der Waals surface area contributed by atoms with Crippen LogP contribution in [0.3, 0.4) is 0 Å². The van der Waals surface area contributed by atoms with Crippen molar-refractivity contribution in [1.82, 2.24) is 15.2 Å². The zero-order chi connectivity index (χ0) is 11.3. The average Bonchev–Trinajstić information content (AvgIpc) is 2.67. The van der Waals surface area contributed by atoms with Gasteiger partial charge in [0.15, 0.2) is 5.82 Å². The maximum atomic E-state index is 5.41. The normalized spacial score (nSPS) is 12.7. The van der Waals surface area contributed by atoms with E-state index in [-0.39, 0.29) is 5.95 Å². The molecule has 1 rings (SSSR count). The van der Waals surface area contributed by atoms with Gasteiger partial charge in [-0.2, -0.15) is 4.98 Å². The summed E-state index contributed by atoms with van der Waals surface area (Å²) in [4.78, 5) is 4.01. The quantitative estimate of drug-likeness (QED) is 0.578. The number of nitrogens with zero attached hydrogens (tertiary/aromatic N) is 2. The Labute approximate surface area is 88.4 Å². The Bertz CT molecular complexity index is 403. The van der Waals surface area contributed by atoms with E-state index in [1.54, 1.807) is 19.3 Å². The largest absolute Gasteiger partial charge is 0.497 e. The second-order valence-corrected chi connectivity index (χ2v) is 2.74. The van der Waals surface area contributed by atoms with Crippen molar-refractivity contribution < 1.29 is 4.74 Å². The molecule has 0 amide bonds. The molecule has 5 heteroatoms. The molecule has 0 atom stereocenters. The minimum atomic E-state index is 0.218. The van der Waals surface area contributed by atoms with Gasteiger partial charge in [-0.15, -0.1) is 5.10 Å². The first-order chi connectivity index (χ1) is 7.21. The lowest BCUT2D eigenvalue weighted by molar-refractivity contribution is 0.307. The Balaban J connectivity index is 3.01. The Hall–Kier alpha value is -2.04. The van der Waals surface area contributed by atoms with Crippen LogP contribution >= 0.6 is 0 Å². The summed E-state index contributed by atoms with van der Waals surface area (Å²) in [5.41, 5.74) is 6.26. The molecular weight excluding hydrogens is 192 g/mol. The predicted octanol–water partition coefficient (Wildman–Crippen LogP) is 1.51. The number of hydrogen-bond donors (Lipinski definition) is 2. The molecule has 1 aromatic heterocycles. The molecule has 1 aromatic rings. The highest BCUT2D eigenvalue weighted by Gasteiger charge is 2.04. The van der Waals surface area contributed by atoms with E-state index >= 15 is 0 Å². The molecule has 3 N–H and O–H groups in total. The van der Waals surface area contributed by atoms with Crippen LogP contribution in [-0.4, -0.2) is 22.3 Å². The fourth-order valence-corrected chi connectivity index (χ4v) is 1.05. The number of methoxy groups -OCH3 is 1. The molecule has 1 heterocycles. The third kappa shape index (κ3) is 2.70. The zero-order valence-corrected chi connectivity index (χ0v) is 8.82. The summed E-state index contributed by atoms with van der Waals surface area (Å²) in [5.74, 6) is 1.47. The average molecular weight is 206 g/mol. The number of allylic oxidation sites excluding steroid dienone is 4. The van der Waals surface area contributed by atoms with Gasteiger partial charge in [0, 0.05) is 5.57 Å². The van der Waals surface area contributed by atoms with Gasteiger partial charge in [-0.3, -0.25) is 5.10 Å². The maximum Gasteiger partial charge on any atom is 0.239 e. The number of ether oxygens (including phenoxy) is 1. The Morgan fingerprint density at radius 1 is 1.60 bits per heavy atom. The monoisotopic (exact) mass is 206 g/mol. The molecule has 0 bridgehead atoms. The van der Waals surface area contributed by atoms with Crippen molar-refractivity contribution in [2.45, 2.75) is 6.92 Å². The van der Waals surface area contributed by atoms with Crippen LogP contribution in [0.4, 0.5) is 5.95 Å². The van der Waals surface area contributed by atoms with Gasteiger partial charge in [0.1, 0.15) is 5.76 Å². The summed E-state index contributed by atoms with van der Waals surface area (Å²) in [5, 5.41) is 6.47. The fraction of sp³-hybridized carbons (Fsp3) is 0.200. The molecule has 80 valence electrons. The molecular formula is C10H14N4O. The minimum absolute atomic E-state index is 0.218. The minimum Gasteiger partial charge on any atom is -0.497 e. The highest BCUT2D eigenvalue weighted by molar-refractivity contribution is 5.70. The first kappa shape index (κ1) is 11.0. The smallest absolute Gasteiger partial charge is 0.239 e. The van der Waals surface area contributed by atoms with Crippen LogP contribution in [0.1, 0.15) is 12.7 Å². The molecule has 0 saturated heterocycles. The van der Waals surface area contributed by atoms with E-state index in [9.17, 15) is 0 Å². The Morgan fingerprint density at radius 3 is 2.73 bits per heavy atom. The summed E-state index contributed by atoms with van der Waals surface area (Å²) in [6, 6.07) is 0. The number of rotatable bonds is 4. The maximum absolute atomic E-state index is 5.41. The standard InChI is InChI=1S/C10H14N4O/c1-4-7(6-8(5-2)15-3)9-12-10(11)14-13-9/h4-6H,2H2,1,3H3,(H3,11,12,13,14)/b7-4+,8-6+. The number of aromatic nitrogens is 3. The summed E-state index contributed by atoms with van der Waals surface area (Å²) in [7, 11) is 1.58. The Kier molecular flexibility index (Phi) is 3.68. The molecule has 0 aromatic carbocycles. The van der Waals surface area contributed by atoms with E-state index in [2.05, 4.69) is 21.8 Å². The second-order valence-electron chi connectivity index (χ2n) is 2.74. The number of anilines is 1. The first-order valence-corrected chi connectivity index (χ1v) is 4.44. The highest BCUT2D eigenvalue weighted by atomic mass is 16.5. The molecule has 5 nitrogen and oxygen atoms in total. The number of H-pyrrole nitrogens is 1. The number of nitrogens with two attached hydrogens (primary N) is 1. The van der Waals surface area contributed by atoms with E-state index in [0.717, 1.165) is 5.57 Å². The van der Waals surface area contributed by atoms with Crippen LogP contribution in [0.15, 0.2) is 30.6 Å². The van der Waals surface area contributed by atoms with Crippen molar-refractivity contribution in [2.75, 3.05) is 12.8 Å². The summed E-state index contributed by atoms with van der Waals surface area (Å²) < 4.78 is 5.07. The third-order valence-corrected chi connectivity index (χ3v) is 1.82. The van der Waals surface area contributed by atoms with Crippen molar-refractivity contribution in [3.8, 4) is 0 Å². The van der Waals surface area contributed by atoms with Crippen LogP contribution in [0.25, 0.3) is 5.57 Å². The highest BCUT2D eigenvalue weighted by Crippen LogP contribution is 2.14. The lowest BCUT2D eigenvalue weighted by Crippen LogP contribution is -1.89. The molecule has 0 spiro atoms. The summed E-state index contributed by atoms with van der Waals surface area (Å²) in [6.45, 7) is 5.52.